The minimum absolute atomic E-state index is 0.270. The van der Waals surface area contributed by atoms with E-state index >= 15 is 0 Å². The number of piperazine rings is 1. The summed E-state index contributed by atoms with van der Waals surface area (Å²) in [6.45, 7) is 3.64. The van der Waals surface area contributed by atoms with E-state index in [2.05, 4.69) is 37.1 Å². The summed E-state index contributed by atoms with van der Waals surface area (Å²) >= 11 is 13.8. The Labute approximate surface area is 164 Å². The lowest BCUT2D eigenvalue weighted by Gasteiger charge is -2.31. The van der Waals surface area contributed by atoms with E-state index in [1.807, 2.05) is 0 Å². The Balaban J connectivity index is 1.64. The van der Waals surface area contributed by atoms with Crippen molar-refractivity contribution in [1.82, 2.24) is 29.9 Å². The number of nitrogens with zero attached hydrogens (tertiary/aromatic N) is 7. The van der Waals surface area contributed by atoms with Crippen molar-refractivity contribution >= 4 is 46.4 Å². The van der Waals surface area contributed by atoms with Crippen molar-refractivity contribution < 1.29 is 0 Å². The average Bonchev–Trinajstić information content (AvgIpc) is 3.22. The van der Waals surface area contributed by atoms with Gasteiger partial charge >= 0.3 is 0 Å². The molecule has 0 saturated carbocycles. The molecule has 1 aromatic carbocycles. The lowest BCUT2D eigenvalue weighted by atomic mass is 10.2. The highest BCUT2D eigenvalue weighted by Crippen LogP contribution is 2.37. The zero-order valence-electron chi connectivity index (χ0n) is 13.9. The third-order valence-corrected chi connectivity index (χ3v) is 5.73. The third-order valence-electron chi connectivity index (χ3n) is 4.18. The van der Waals surface area contributed by atoms with Gasteiger partial charge in [0.25, 0.3) is 0 Å². The first kappa shape index (κ1) is 17.5. The number of anilines is 2. The summed E-state index contributed by atoms with van der Waals surface area (Å²) in [5.41, 5.74) is 6.70. The second-order valence-corrected chi connectivity index (χ2v) is 7.73. The van der Waals surface area contributed by atoms with Gasteiger partial charge in [0.2, 0.25) is 17.0 Å². The number of rotatable bonds is 3. The highest BCUT2D eigenvalue weighted by molar-refractivity contribution is 7.17. The zero-order valence-corrected chi connectivity index (χ0v) is 16.3. The van der Waals surface area contributed by atoms with Crippen molar-refractivity contribution in [3.8, 4) is 15.7 Å². The second-order valence-electron chi connectivity index (χ2n) is 5.96. The summed E-state index contributed by atoms with van der Waals surface area (Å²) in [6, 6.07) is 5.31. The Bertz CT molecular complexity index is 911. The summed E-state index contributed by atoms with van der Waals surface area (Å²) in [5.74, 6) is 0.870. The van der Waals surface area contributed by atoms with Gasteiger partial charge in [0.05, 0.1) is 10.0 Å². The molecule has 0 radical (unpaired) electrons. The van der Waals surface area contributed by atoms with Crippen LogP contribution >= 0.6 is 34.5 Å². The number of aromatic nitrogens is 5. The first-order chi connectivity index (χ1) is 12.5. The average molecular weight is 411 g/mol. The van der Waals surface area contributed by atoms with Crippen LogP contribution in [-0.2, 0) is 0 Å². The van der Waals surface area contributed by atoms with Crippen LogP contribution in [0.15, 0.2) is 18.2 Å². The summed E-state index contributed by atoms with van der Waals surface area (Å²) < 4.78 is 1.50. The lowest BCUT2D eigenvalue weighted by Crippen LogP contribution is -2.45. The molecule has 1 aliphatic heterocycles. The summed E-state index contributed by atoms with van der Waals surface area (Å²) in [6.07, 6.45) is 0. The van der Waals surface area contributed by atoms with Crippen LogP contribution in [0.25, 0.3) is 15.7 Å². The summed E-state index contributed by atoms with van der Waals surface area (Å²) in [7, 11) is 2.10. The van der Waals surface area contributed by atoms with Crippen LogP contribution in [0, 0.1) is 0 Å². The fourth-order valence-electron chi connectivity index (χ4n) is 2.70. The molecule has 0 atom stereocenters. The fourth-order valence-corrected chi connectivity index (χ4v) is 4.27. The predicted octanol–water partition coefficient (Wildman–Crippen LogP) is 2.43. The van der Waals surface area contributed by atoms with Gasteiger partial charge in [0.15, 0.2) is 5.01 Å². The van der Waals surface area contributed by atoms with E-state index in [0.29, 0.717) is 31.7 Å². The molecule has 0 unspecified atom stereocenters. The minimum Gasteiger partial charge on any atom is -0.368 e. The molecule has 1 fully saturated rings. The van der Waals surface area contributed by atoms with E-state index in [4.69, 9.17) is 28.9 Å². The fraction of sp³-hybridized carbons (Fsp3) is 0.333. The van der Waals surface area contributed by atoms with Crippen molar-refractivity contribution in [3.63, 3.8) is 0 Å². The van der Waals surface area contributed by atoms with E-state index in [0.717, 1.165) is 26.2 Å². The number of benzene rings is 1. The molecule has 3 heterocycles. The minimum atomic E-state index is 0.270. The molecule has 0 bridgehead atoms. The third kappa shape index (κ3) is 3.23. The Kier molecular flexibility index (Phi) is 4.70. The maximum atomic E-state index is 6.25. The van der Waals surface area contributed by atoms with Gasteiger partial charge in [0, 0.05) is 31.7 Å². The molecule has 4 rings (SSSR count). The van der Waals surface area contributed by atoms with Gasteiger partial charge in [-0.15, -0.1) is 15.3 Å². The first-order valence-corrected chi connectivity index (χ1v) is 9.54. The molecular formula is C15H16Cl2N8S. The maximum absolute atomic E-state index is 6.25. The Morgan fingerprint density at radius 1 is 1.08 bits per heavy atom. The Morgan fingerprint density at radius 2 is 1.77 bits per heavy atom. The Morgan fingerprint density at radius 3 is 2.46 bits per heavy atom. The van der Waals surface area contributed by atoms with Gasteiger partial charge < -0.3 is 15.5 Å². The molecule has 0 spiro atoms. The zero-order chi connectivity index (χ0) is 18.3. The molecule has 3 aromatic rings. The highest BCUT2D eigenvalue weighted by atomic mass is 35.5. The second kappa shape index (κ2) is 6.99. The highest BCUT2D eigenvalue weighted by Gasteiger charge is 2.22. The van der Waals surface area contributed by atoms with Crippen molar-refractivity contribution in [2.24, 2.45) is 0 Å². The van der Waals surface area contributed by atoms with Crippen LogP contribution in [0.3, 0.4) is 0 Å². The van der Waals surface area contributed by atoms with Crippen LogP contribution in [-0.4, -0.2) is 63.1 Å². The van der Waals surface area contributed by atoms with Crippen molar-refractivity contribution in [2.75, 3.05) is 43.9 Å². The number of hydrogen-bond donors (Lipinski definition) is 1. The van der Waals surface area contributed by atoms with Gasteiger partial charge in [-0.1, -0.05) is 40.6 Å². The molecule has 0 amide bonds. The van der Waals surface area contributed by atoms with E-state index in [1.165, 1.54) is 16.0 Å². The van der Waals surface area contributed by atoms with Crippen molar-refractivity contribution in [3.05, 3.63) is 28.2 Å². The molecule has 26 heavy (non-hydrogen) atoms. The Hall–Kier alpha value is -1.94. The smallest absolute Gasteiger partial charge is 0.247 e. The monoisotopic (exact) mass is 410 g/mol. The van der Waals surface area contributed by atoms with Crippen LogP contribution in [0.1, 0.15) is 0 Å². The molecule has 8 nitrogen and oxygen atoms in total. The van der Waals surface area contributed by atoms with Crippen LogP contribution in [0.4, 0.5) is 11.9 Å². The van der Waals surface area contributed by atoms with E-state index in [9.17, 15) is 0 Å². The number of hydrogen-bond acceptors (Lipinski definition) is 8. The first-order valence-electron chi connectivity index (χ1n) is 7.97. The molecule has 1 saturated heterocycles. The largest absolute Gasteiger partial charge is 0.368 e. The van der Waals surface area contributed by atoms with Crippen molar-refractivity contribution in [2.45, 2.75) is 0 Å². The molecule has 2 aromatic heterocycles. The predicted molar refractivity (Wildman–Crippen MR) is 104 cm³/mol. The molecular weight excluding hydrogens is 395 g/mol. The van der Waals surface area contributed by atoms with E-state index in [-0.39, 0.29) is 5.95 Å². The molecule has 11 heteroatoms. The molecule has 0 aliphatic carbocycles. The SMILES string of the molecule is CN1CCN(c2nc(N)n(-c3nnc(-c4c(Cl)cccc4Cl)s3)n2)CC1. The number of likely N-dealkylation sites (N-methyl/N-ethyl adjacent to an activating group) is 1. The van der Waals surface area contributed by atoms with Crippen LogP contribution in [0.5, 0.6) is 0 Å². The van der Waals surface area contributed by atoms with Gasteiger partial charge in [-0.05, 0) is 19.2 Å². The maximum Gasteiger partial charge on any atom is 0.247 e. The topological polar surface area (TPSA) is 89.0 Å². The number of halogens is 2. The van der Waals surface area contributed by atoms with Crippen molar-refractivity contribution in [1.29, 1.82) is 0 Å². The van der Waals surface area contributed by atoms with E-state index in [1.54, 1.807) is 18.2 Å². The van der Waals surface area contributed by atoms with Gasteiger partial charge in [-0.25, -0.2) is 0 Å². The normalized spacial score (nSPS) is 15.6. The lowest BCUT2D eigenvalue weighted by molar-refractivity contribution is 0.311. The van der Waals surface area contributed by atoms with Crippen LogP contribution < -0.4 is 10.6 Å². The van der Waals surface area contributed by atoms with Crippen LogP contribution in [0.2, 0.25) is 10.0 Å². The van der Waals surface area contributed by atoms with Gasteiger partial charge in [-0.3, -0.25) is 0 Å². The standard InChI is InChI=1S/C15H16Cl2N8S/c1-23-5-7-24(8-6-23)14-19-13(18)25(22-14)15-21-20-12(26-15)11-9(16)3-2-4-10(11)17/h2-4H,5-8H2,1H3,(H2,18,19,22). The van der Waals surface area contributed by atoms with E-state index < -0.39 is 0 Å². The summed E-state index contributed by atoms with van der Waals surface area (Å²) in [5, 5.41) is 15.0. The number of nitrogens with two attached hydrogens (primary N) is 1. The van der Waals surface area contributed by atoms with Gasteiger partial charge in [0.1, 0.15) is 0 Å². The molecule has 2 N–H and O–H groups in total. The van der Waals surface area contributed by atoms with Gasteiger partial charge in [-0.2, -0.15) is 9.67 Å². The number of nitrogen functional groups attached to an aromatic ring is 1. The molecule has 136 valence electrons. The quantitative estimate of drug-likeness (QED) is 0.708. The molecule has 1 aliphatic rings. The summed E-state index contributed by atoms with van der Waals surface area (Å²) in [4.78, 5) is 8.75.